The Kier molecular flexibility index (Phi) is 4.39. The van der Waals surface area contributed by atoms with Crippen LogP contribution < -0.4 is 10.6 Å². The van der Waals surface area contributed by atoms with Crippen molar-refractivity contribution >= 4 is 17.8 Å². The molecule has 0 radical (unpaired) electrons. The monoisotopic (exact) mass is 296 g/mol. The minimum Gasteiger partial charge on any atom is -0.355 e. The van der Waals surface area contributed by atoms with Gasteiger partial charge in [-0.1, -0.05) is 0 Å². The van der Waals surface area contributed by atoms with E-state index < -0.39 is 0 Å². The zero-order chi connectivity index (χ0) is 15.6. The van der Waals surface area contributed by atoms with Gasteiger partial charge < -0.3 is 20.4 Å². The molecule has 0 unspecified atom stereocenters. The highest BCUT2D eigenvalue weighted by Crippen LogP contribution is 2.30. The molecule has 2 fully saturated rings. The highest BCUT2D eigenvalue weighted by atomic mass is 16.2. The molecule has 1 atom stereocenters. The van der Waals surface area contributed by atoms with Crippen molar-refractivity contribution in [2.24, 2.45) is 5.41 Å². The topological polar surface area (TPSA) is 81.8 Å². The van der Waals surface area contributed by atoms with E-state index in [1.807, 2.05) is 13.8 Å². The van der Waals surface area contributed by atoms with Crippen LogP contribution in [0.25, 0.3) is 0 Å². The molecular weight excluding hydrogens is 272 g/mol. The molecule has 2 saturated heterocycles. The summed E-state index contributed by atoms with van der Waals surface area (Å²) in [5.41, 5.74) is -0.367. The average molecular weight is 296 g/mol. The smallest absolute Gasteiger partial charge is 0.317 e. The molecule has 0 aromatic heterocycles. The van der Waals surface area contributed by atoms with E-state index in [2.05, 4.69) is 10.6 Å². The fourth-order valence-electron chi connectivity index (χ4n) is 3.01. The average Bonchev–Trinajstić information content (AvgIpc) is 2.62. The predicted octanol–water partition coefficient (Wildman–Crippen LogP) is -0.225. The maximum absolute atomic E-state index is 12.3. The van der Waals surface area contributed by atoms with Crippen molar-refractivity contribution in [1.82, 2.24) is 20.4 Å². The van der Waals surface area contributed by atoms with Gasteiger partial charge in [0.2, 0.25) is 11.8 Å². The number of hydrogen-bond donors (Lipinski definition) is 2. The van der Waals surface area contributed by atoms with Crippen LogP contribution in [-0.4, -0.2) is 66.4 Å². The molecule has 21 heavy (non-hydrogen) atoms. The van der Waals surface area contributed by atoms with E-state index in [0.717, 1.165) is 0 Å². The Morgan fingerprint density at radius 3 is 2.38 bits per heavy atom. The third-order valence-corrected chi connectivity index (χ3v) is 4.03. The molecule has 4 amide bonds. The number of rotatable bonds is 1. The maximum Gasteiger partial charge on any atom is 0.317 e. The van der Waals surface area contributed by atoms with Crippen LogP contribution in [0.1, 0.15) is 27.2 Å². The molecule has 7 heteroatoms. The molecule has 0 aromatic rings. The van der Waals surface area contributed by atoms with Gasteiger partial charge >= 0.3 is 6.03 Å². The minimum absolute atomic E-state index is 0.00961. The zero-order valence-corrected chi connectivity index (χ0v) is 12.9. The van der Waals surface area contributed by atoms with Crippen LogP contribution in [0.2, 0.25) is 0 Å². The van der Waals surface area contributed by atoms with Crippen molar-refractivity contribution in [2.45, 2.75) is 33.2 Å². The Morgan fingerprint density at radius 1 is 1.24 bits per heavy atom. The molecular formula is C14H24N4O3. The molecule has 2 aliphatic rings. The van der Waals surface area contributed by atoms with Crippen LogP contribution in [0.15, 0.2) is 0 Å². The quantitative estimate of drug-likeness (QED) is 0.701. The summed E-state index contributed by atoms with van der Waals surface area (Å²) in [5.74, 6) is -0.0236. The summed E-state index contributed by atoms with van der Waals surface area (Å²) in [6, 6.07) is -0.0712. The summed E-state index contributed by atoms with van der Waals surface area (Å²) in [4.78, 5) is 39.1. The minimum atomic E-state index is -0.367. The molecule has 0 aliphatic carbocycles. The molecule has 0 aromatic carbocycles. The molecule has 0 saturated carbocycles. The summed E-state index contributed by atoms with van der Waals surface area (Å²) in [5, 5.41) is 5.71. The first-order valence-corrected chi connectivity index (χ1v) is 7.39. The van der Waals surface area contributed by atoms with Gasteiger partial charge in [0.25, 0.3) is 0 Å². The van der Waals surface area contributed by atoms with Crippen LogP contribution in [0.4, 0.5) is 4.79 Å². The molecule has 2 heterocycles. The van der Waals surface area contributed by atoms with Crippen LogP contribution in [0.3, 0.4) is 0 Å². The van der Waals surface area contributed by atoms with E-state index in [0.29, 0.717) is 39.1 Å². The molecule has 118 valence electrons. The van der Waals surface area contributed by atoms with Crippen molar-refractivity contribution in [3.8, 4) is 0 Å². The number of carbonyl (C=O) groups excluding carboxylic acids is 3. The number of urea groups is 1. The normalized spacial score (nSPS) is 26.0. The second-order valence-corrected chi connectivity index (χ2v) is 6.42. The van der Waals surface area contributed by atoms with Crippen molar-refractivity contribution in [1.29, 1.82) is 0 Å². The van der Waals surface area contributed by atoms with Gasteiger partial charge in [-0.15, -0.1) is 0 Å². The summed E-state index contributed by atoms with van der Waals surface area (Å²) in [7, 11) is 0. The van der Waals surface area contributed by atoms with E-state index in [4.69, 9.17) is 0 Å². The van der Waals surface area contributed by atoms with Gasteiger partial charge in [-0.25, -0.2) is 4.79 Å². The molecule has 1 spiro atoms. The van der Waals surface area contributed by atoms with Crippen molar-refractivity contribution < 1.29 is 14.4 Å². The van der Waals surface area contributed by atoms with Crippen molar-refractivity contribution in [2.75, 3.05) is 32.7 Å². The number of carbonyl (C=O) groups is 3. The molecule has 7 nitrogen and oxygen atoms in total. The number of hydrogen-bond acceptors (Lipinski definition) is 3. The fraction of sp³-hybridized carbons (Fsp3) is 0.786. The standard InChI is InChI=1S/C14H24N4O3/c1-10(2)16-13(21)18-5-4-17(11(3)19)8-14(9-18)6-12(20)15-7-14/h10H,4-9H2,1-3H3,(H,15,20)(H,16,21)/t14-/m1/s1. The van der Waals surface area contributed by atoms with Crippen LogP contribution in [-0.2, 0) is 9.59 Å². The summed E-state index contributed by atoms with van der Waals surface area (Å²) < 4.78 is 0. The molecule has 0 bridgehead atoms. The predicted molar refractivity (Wildman–Crippen MR) is 77.6 cm³/mol. The van der Waals surface area contributed by atoms with E-state index in [-0.39, 0.29) is 29.3 Å². The zero-order valence-electron chi connectivity index (χ0n) is 12.9. The third kappa shape index (κ3) is 3.65. The Hall–Kier alpha value is -1.79. The van der Waals surface area contributed by atoms with Crippen LogP contribution in [0, 0.1) is 5.41 Å². The van der Waals surface area contributed by atoms with E-state index >= 15 is 0 Å². The van der Waals surface area contributed by atoms with Gasteiger partial charge in [-0.2, -0.15) is 0 Å². The van der Waals surface area contributed by atoms with E-state index in [1.165, 1.54) is 6.92 Å². The van der Waals surface area contributed by atoms with Crippen molar-refractivity contribution in [3.05, 3.63) is 0 Å². The van der Waals surface area contributed by atoms with Crippen molar-refractivity contribution in [3.63, 3.8) is 0 Å². The van der Waals surface area contributed by atoms with E-state index in [9.17, 15) is 14.4 Å². The van der Waals surface area contributed by atoms with Gasteiger partial charge in [0, 0.05) is 57.5 Å². The van der Waals surface area contributed by atoms with E-state index in [1.54, 1.807) is 9.80 Å². The molecule has 2 rings (SSSR count). The lowest BCUT2D eigenvalue weighted by molar-refractivity contribution is -0.130. The number of nitrogens with one attached hydrogen (secondary N) is 2. The first-order valence-electron chi connectivity index (χ1n) is 7.39. The lowest BCUT2D eigenvalue weighted by Gasteiger charge is -2.32. The second-order valence-electron chi connectivity index (χ2n) is 6.42. The van der Waals surface area contributed by atoms with Crippen LogP contribution in [0.5, 0.6) is 0 Å². The Balaban J connectivity index is 2.17. The van der Waals surface area contributed by atoms with Gasteiger partial charge in [0.05, 0.1) is 0 Å². The van der Waals surface area contributed by atoms with Gasteiger partial charge in [0.1, 0.15) is 0 Å². The lowest BCUT2D eigenvalue weighted by Crippen LogP contribution is -2.48. The second kappa shape index (κ2) is 5.91. The van der Waals surface area contributed by atoms with Gasteiger partial charge in [-0.3, -0.25) is 9.59 Å². The molecule has 2 N–H and O–H groups in total. The number of amides is 4. The Morgan fingerprint density at radius 2 is 1.86 bits per heavy atom. The first kappa shape index (κ1) is 15.6. The van der Waals surface area contributed by atoms with Gasteiger partial charge in [-0.05, 0) is 13.8 Å². The van der Waals surface area contributed by atoms with Crippen LogP contribution >= 0.6 is 0 Å². The molecule has 2 aliphatic heterocycles. The Labute approximate surface area is 125 Å². The number of nitrogens with zero attached hydrogens (tertiary/aromatic N) is 2. The highest BCUT2D eigenvalue weighted by molar-refractivity contribution is 5.80. The summed E-state index contributed by atoms with van der Waals surface area (Å²) in [6.45, 7) is 7.89. The first-order chi connectivity index (χ1) is 9.81. The van der Waals surface area contributed by atoms with Gasteiger partial charge in [0.15, 0.2) is 0 Å². The SMILES string of the molecule is CC(=O)N1CCN(C(=O)NC(C)C)C[C@]2(CNC(=O)C2)C1. The summed E-state index contributed by atoms with van der Waals surface area (Å²) >= 11 is 0. The lowest BCUT2D eigenvalue weighted by atomic mass is 9.86. The maximum atomic E-state index is 12.3. The largest absolute Gasteiger partial charge is 0.355 e. The third-order valence-electron chi connectivity index (χ3n) is 4.03. The summed E-state index contributed by atoms with van der Waals surface area (Å²) in [6.07, 6.45) is 0.363. The highest BCUT2D eigenvalue weighted by Gasteiger charge is 2.44. The fourth-order valence-corrected chi connectivity index (χ4v) is 3.01. The Bertz CT molecular complexity index is 452.